The van der Waals surface area contributed by atoms with Gasteiger partial charge in [0.05, 0.1) is 13.2 Å². The van der Waals surface area contributed by atoms with Crippen LogP contribution in [-0.4, -0.2) is 27.4 Å². The van der Waals surface area contributed by atoms with Crippen molar-refractivity contribution >= 4 is 0 Å². The molecule has 2 heteroatoms. The maximum atomic E-state index is 5.49. The standard InChI is InChI=1S/C15H30O2/c1-5-13(2)9-15(11-16-3,12-17-4)10-14-7-6-8-14/h13-14H,5-12H2,1-4H3. The van der Waals surface area contributed by atoms with Crippen LogP contribution >= 0.6 is 0 Å². The largest absolute Gasteiger partial charge is 0.384 e. The van der Waals surface area contributed by atoms with Crippen LogP contribution in [0.25, 0.3) is 0 Å². The van der Waals surface area contributed by atoms with E-state index in [1.165, 1.54) is 38.5 Å². The lowest BCUT2D eigenvalue weighted by Crippen LogP contribution is -2.37. The molecular weight excluding hydrogens is 212 g/mol. The topological polar surface area (TPSA) is 18.5 Å². The Balaban J connectivity index is 2.61. The highest BCUT2D eigenvalue weighted by Gasteiger charge is 2.36. The SMILES string of the molecule is CCC(C)CC(COC)(COC)CC1CCC1. The average molecular weight is 242 g/mol. The van der Waals surface area contributed by atoms with Crippen molar-refractivity contribution in [2.45, 2.75) is 52.4 Å². The van der Waals surface area contributed by atoms with Crippen molar-refractivity contribution in [2.24, 2.45) is 17.3 Å². The van der Waals surface area contributed by atoms with Crippen LogP contribution in [0.3, 0.4) is 0 Å². The summed E-state index contributed by atoms with van der Waals surface area (Å²) in [6.45, 7) is 6.32. The van der Waals surface area contributed by atoms with E-state index < -0.39 is 0 Å². The third-order valence-electron chi connectivity index (χ3n) is 4.33. The Labute approximate surface area is 107 Å². The second-order valence-electron chi connectivity index (χ2n) is 6.08. The maximum Gasteiger partial charge on any atom is 0.0540 e. The molecule has 102 valence electrons. The summed E-state index contributed by atoms with van der Waals surface area (Å²) in [5.41, 5.74) is 0.254. The monoisotopic (exact) mass is 242 g/mol. The summed E-state index contributed by atoms with van der Waals surface area (Å²) in [6, 6.07) is 0. The molecule has 0 aromatic carbocycles. The van der Waals surface area contributed by atoms with E-state index in [4.69, 9.17) is 9.47 Å². The van der Waals surface area contributed by atoms with Gasteiger partial charge in [-0.15, -0.1) is 0 Å². The van der Waals surface area contributed by atoms with Gasteiger partial charge < -0.3 is 9.47 Å². The molecule has 0 N–H and O–H groups in total. The molecule has 0 radical (unpaired) electrons. The Kier molecular flexibility index (Phi) is 6.50. The van der Waals surface area contributed by atoms with Crippen LogP contribution in [0.15, 0.2) is 0 Å². The molecule has 0 bridgehead atoms. The van der Waals surface area contributed by atoms with Crippen LogP contribution in [0.2, 0.25) is 0 Å². The molecule has 0 aromatic heterocycles. The Bertz CT molecular complexity index is 184. The molecule has 1 rings (SSSR count). The van der Waals surface area contributed by atoms with Crippen LogP contribution in [0.5, 0.6) is 0 Å². The lowest BCUT2D eigenvalue weighted by atomic mass is 9.69. The molecule has 1 saturated carbocycles. The molecular formula is C15H30O2. The first kappa shape index (κ1) is 15.0. The van der Waals surface area contributed by atoms with Crippen LogP contribution in [0.1, 0.15) is 52.4 Å². The summed E-state index contributed by atoms with van der Waals surface area (Å²) in [5, 5.41) is 0. The van der Waals surface area contributed by atoms with Gasteiger partial charge in [0, 0.05) is 19.6 Å². The van der Waals surface area contributed by atoms with Crippen LogP contribution in [0, 0.1) is 17.3 Å². The summed E-state index contributed by atoms with van der Waals surface area (Å²) in [5.74, 6) is 1.68. The maximum absolute atomic E-state index is 5.49. The van der Waals surface area contributed by atoms with Crippen LogP contribution < -0.4 is 0 Å². The van der Waals surface area contributed by atoms with E-state index in [1.807, 2.05) is 14.2 Å². The molecule has 0 saturated heterocycles. The van der Waals surface area contributed by atoms with Crippen LogP contribution in [0.4, 0.5) is 0 Å². The lowest BCUT2D eigenvalue weighted by molar-refractivity contribution is -0.0279. The van der Waals surface area contributed by atoms with Crippen molar-refractivity contribution in [1.82, 2.24) is 0 Å². The average Bonchev–Trinajstić information content (AvgIpc) is 2.24. The van der Waals surface area contributed by atoms with Crippen molar-refractivity contribution in [3.8, 4) is 0 Å². The van der Waals surface area contributed by atoms with E-state index in [0.717, 1.165) is 25.0 Å². The van der Waals surface area contributed by atoms with E-state index >= 15 is 0 Å². The highest BCUT2D eigenvalue weighted by Crippen LogP contribution is 2.41. The quantitative estimate of drug-likeness (QED) is 0.610. The van der Waals surface area contributed by atoms with Gasteiger partial charge in [-0.3, -0.25) is 0 Å². The Morgan fingerprint density at radius 2 is 1.76 bits per heavy atom. The summed E-state index contributed by atoms with van der Waals surface area (Å²) in [6.07, 6.45) is 8.02. The number of hydrogen-bond donors (Lipinski definition) is 0. The number of rotatable bonds is 9. The number of ether oxygens (including phenoxy) is 2. The minimum atomic E-state index is 0.254. The molecule has 1 fully saturated rings. The van der Waals surface area contributed by atoms with Crippen molar-refractivity contribution in [2.75, 3.05) is 27.4 Å². The normalized spacial score (nSPS) is 19.1. The van der Waals surface area contributed by atoms with Gasteiger partial charge in [0.2, 0.25) is 0 Å². The highest BCUT2D eigenvalue weighted by molar-refractivity contribution is 4.86. The van der Waals surface area contributed by atoms with Gasteiger partial charge in [-0.1, -0.05) is 39.5 Å². The molecule has 2 nitrogen and oxygen atoms in total. The minimum Gasteiger partial charge on any atom is -0.384 e. The predicted molar refractivity (Wildman–Crippen MR) is 72.2 cm³/mol. The molecule has 1 aliphatic carbocycles. The first-order chi connectivity index (χ1) is 8.15. The fourth-order valence-corrected chi connectivity index (χ4v) is 3.17. The predicted octanol–water partition coefficient (Wildman–Crippen LogP) is 3.89. The Morgan fingerprint density at radius 1 is 1.18 bits per heavy atom. The van der Waals surface area contributed by atoms with Crippen molar-refractivity contribution < 1.29 is 9.47 Å². The molecule has 17 heavy (non-hydrogen) atoms. The summed E-state index contributed by atoms with van der Waals surface area (Å²) < 4.78 is 11.0. The molecule has 0 spiro atoms. The molecule has 0 aromatic rings. The highest BCUT2D eigenvalue weighted by atomic mass is 16.5. The molecule has 0 aliphatic heterocycles. The zero-order valence-electron chi connectivity index (χ0n) is 12.1. The van der Waals surface area contributed by atoms with Crippen molar-refractivity contribution in [3.63, 3.8) is 0 Å². The molecule has 1 unspecified atom stereocenters. The third-order valence-corrected chi connectivity index (χ3v) is 4.33. The third kappa shape index (κ3) is 4.59. The van der Waals surface area contributed by atoms with E-state index in [-0.39, 0.29) is 5.41 Å². The molecule has 1 aliphatic rings. The minimum absolute atomic E-state index is 0.254. The van der Waals surface area contributed by atoms with Gasteiger partial charge in [0.15, 0.2) is 0 Å². The second-order valence-corrected chi connectivity index (χ2v) is 6.08. The smallest absolute Gasteiger partial charge is 0.0540 e. The summed E-state index contributed by atoms with van der Waals surface area (Å²) in [7, 11) is 3.64. The molecule has 0 amide bonds. The van der Waals surface area contributed by atoms with E-state index in [1.54, 1.807) is 0 Å². The van der Waals surface area contributed by atoms with Crippen LogP contribution in [-0.2, 0) is 9.47 Å². The van der Waals surface area contributed by atoms with Gasteiger partial charge >= 0.3 is 0 Å². The lowest BCUT2D eigenvalue weighted by Gasteiger charge is -2.40. The van der Waals surface area contributed by atoms with Crippen molar-refractivity contribution in [1.29, 1.82) is 0 Å². The van der Waals surface area contributed by atoms with Gasteiger partial charge in [0.25, 0.3) is 0 Å². The van der Waals surface area contributed by atoms with Gasteiger partial charge in [-0.05, 0) is 24.7 Å². The van der Waals surface area contributed by atoms with E-state index in [9.17, 15) is 0 Å². The van der Waals surface area contributed by atoms with E-state index in [0.29, 0.717) is 0 Å². The molecule has 0 heterocycles. The zero-order chi connectivity index (χ0) is 12.7. The first-order valence-corrected chi connectivity index (χ1v) is 7.13. The summed E-state index contributed by atoms with van der Waals surface area (Å²) in [4.78, 5) is 0. The zero-order valence-corrected chi connectivity index (χ0v) is 12.1. The first-order valence-electron chi connectivity index (χ1n) is 7.13. The van der Waals surface area contributed by atoms with Gasteiger partial charge in [0.1, 0.15) is 0 Å². The fourth-order valence-electron chi connectivity index (χ4n) is 3.17. The van der Waals surface area contributed by atoms with Crippen molar-refractivity contribution in [3.05, 3.63) is 0 Å². The summed E-state index contributed by atoms with van der Waals surface area (Å²) >= 11 is 0. The van der Waals surface area contributed by atoms with Gasteiger partial charge in [-0.2, -0.15) is 0 Å². The number of methoxy groups -OCH3 is 2. The second kappa shape index (κ2) is 7.38. The number of hydrogen-bond acceptors (Lipinski definition) is 2. The Morgan fingerprint density at radius 3 is 2.12 bits per heavy atom. The van der Waals surface area contributed by atoms with Gasteiger partial charge in [-0.25, -0.2) is 0 Å². The Hall–Kier alpha value is -0.0800. The fraction of sp³-hybridized carbons (Fsp3) is 1.00. The molecule has 1 atom stereocenters. The van der Waals surface area contributed by atoms with E-state index in [2.05, 4.69) is 13.8 Å².